The smallest absolute Gasteiger partial charge is 0.150 e. The van der Waals surface area contributed by atoms with Gasteiger partial charge in [0.15, 0.2) is 0 Å². The second-order valence-corrected chi connectivity index (χ2v) is 8.14. The molecule has 4 aliphatic heterocycles. The minimum Gasteiger partial charge on any atom is -0.310 e. The van der Waals surface area contributed by atoms with E-state index < -0.39 is 9.84 Å². The lowest BCUT2D eigenvalue weighted by Gasteiger charge is -2.46. The first-order chi connectivity index (χ1) is 8.12. The zero-order chi connectivity index (χ0) is 11.9. The molecular formula is C12H22N2O2S. The summed E-state index contributed by atoms with van der Waals surface area (Å²) >= 11 is 0. The van der Waals surface area contributed by atoms with E-state index in [0.29, 0.717) is 23.6 Å². The van der Waals surface area contributed by atoms with Crippen LogP contribution in [0.25, 0.3) is 0 Å². The number of fused-ring (bicyclic) bond motifs is 3. The summed E-state index contributed by atoms with van der Waals surface area (Å²) in [5.74, 6) is 1.59. The van der Waals surface area contributed by atoms with Crippen molar-refractivity contribution in [2.24, 2.45) is 5.92 Å². The molecule has 4 saturated heterocycles. The third kappa shape index (κ3) is 2.66. The molecule has 4 rings (SSSR count). The highest BCUT2D eigenvalue weighted by molar-refractivity contribution is 7.91. The van der Waals surface area contributed by atoms with Crippen LogP contribution in [0.5, 0.6) is 0 Å². The number of nitrogens with zero attached hydrogens (tertiary/aromatic N) is 1. The summed E-state index contributed by atoms with van der Waals surface area (Å²) in [6, 6.07) is 1.05. The standard InChI is InChI=1S/C12H22N2O2S/c15-17(16)7-3-11(4-8-17)13-12-9-14-5-1-10(12)2-6-14/h10-13H,1-9H2. The molecule has 5 heteroatoms. The van der Waals surface area contributed by atoms with Gasteiger partial charge in [0, 0.05) is 18.6 Å². The van der Waals surface area contributed by atoms with Gasteiger partial charge in [0.25, 0.3) is 0 Å². The molecule has 0 radical (unpaired) electrons. The molecule has 4 aliphatic rings. The summed E-state index contributed by atoms with van der Waals surface area (Å²) in [6.07, 6.45) is 4.27. The molecule has 98 valence electrons. The molecule has 1 N–H and O–H groups in total. The van der Waals surface area contributed by atoms with Crippen molar-refractivity contribution in [3.63, 3.8) is 0 Å². The second kappa shape index (κ2) is 4.52. The minimum absolute atomic E-state index is 0.381. The topological polar surface area (TPSA) is 49.4 Å². The van der Waals surface area contributed by atoms with Gasteiger partial charge in [0.1, 0.15) is 9.84 Å². The van der Waals surface area contributed by atoms with Gasteiger partial charge in [-0.25, -0.2) is 8.42 Å². The third-order valence-corrected chi connectivity index (χ3v) is 6.38. The molecule has 4 fully saturated rings. The van der Waals surface area contributed by atoms with Gasteiger partial charge < -0.3 is 10.2 Å². The molecule has 17 heavy (non-hydrogen) atoms. The van der Waals surface area contributed by atoms with Crippen LogP contribution in [0, 0.1) is 5.92 Å². The lowest BCUT2D eigenvalue weighted by Crippen LogP contribution is -2.58. The highest BCUT2D eigenvalue weighted by Gasteiger charge is 2.35. The van der Waals surface area contributed by atoms with Crippen LogP contribution in [0.1, 0.15) is 25.7 Å². The Kier molecular flexibility index (Phi) is 3.17. The fraction of sp³-hybridized carbons (Fsp3) is 1.00. The molecule has 2 bridgehead atoms. The van der Waals surface area contributed by atoms with Crippen molar-refractivity contribution in [3.8, 4) is 0 Å². The van der Waals surface area contributed by atoms with Crippen LogP contribution >= 0.6 is 0 Å². The normalized spacial score (nSPS) is 41.5. The fourth-order valence-corrected chi connectivity index (χ4v) is 5.00. The number of rotatable bonds is 2. The molecule has 0 aromatic heterocycles. The maximum absolute atomic E-state index is 11.4. The SMILES string of the molecule is O=S1(=O)CCC(NC2CN3CCC2CC3)CC1. The van der Waals surface area contributed by atoms with Gasteiger partial charge in [-0.2, -0.15) is 0 Å². The number of nitrogens with one attached hydrogen (secondary N) is 1. The van der Waals surface area contributed by atoms with Crippen LogP contribution in [0.4, 0.5) is 0 Å². The summed E-state index contributed by atoms with van der Waals surface area (Å²) in [4.78, 5) is 2.54. The Labute approximate surface area is 104 Å². The molecule has 1 atom stereocenters. The summed E-state index contributed by atoms with van der Waals surface area (Å²) < 4.78 is 22.8. The van der Waals surface area contributed by atoms with Crippen LogP contribution in [-0.2, 0) is 9.84 Å². The first kappa shape index (κ1) is 11.9. The van der Waals surface area contributed by atoms with E-state index in [1.807, 2.05) is 0 Å². The minimum atomic E-state index is -2.72. The van der Waals surface area contributed by atoms with Gasteiger partial charge >= 0.3 is 0 Å². The van der Waals surface area contributed by atoms with E-state index in [4.69, 9.17) is 0 Å². The Balaban J connectivity index is 1.54. The molecule has 4 nitrogen and oxygen atoms in total. The number of hydrogen-bond donors (Lipinski definition) is 1. The quantitative estimate of drug-likeness (QED) is 0.771. The highest BCUT2D eigenvalue weighted by Crippen LogP contribution is 2.28. The molecule has 0 aliphatic carbocycles. The average molecular weight is 258 g/mol. The van der Waals surface area contributed by atoms with E-state index in [0.717, 1.165) is 18.8 Å². The Morgan fingerprint density at radius 3 is 2.18 bits per heavy atom. The van der Waals surface area contributed by atoms with Crippen LogP contribution in [-0.4, -0.2) is 56.5 Å². The fourth-order valence-electron chi connectivity index (χ4n) is 3.51. The van der Waals surface area contributed by atoms with E-state index >= 15 is 0 Å². The number of piperidine rings is 3. The summed E-state index contributed by atoms with van der Waals surface area (Å²) in [5.41, 5.74) is 0. The van der Waals surface area contributed by atoms with Gasteiger partial charge in [-0.1, -0.05) is 0 Å². The van der Waals surface area contributed by atoms with Crippen LogP contribution < -0.4 is 5.32 Å². The van der Waals surface area contributed by atoms with Gasteiger partial charge in [0.2, 0.25) is 0 Å². The van der Waals surface area contributed by atoms with E-state index in [-0.39, 0.29) is 0 Å². The molecule has 0 saturated carbocycles. The van der Waals surface area contributed by atoms with E-state index in [1.54, 1.807) is 0 Å². The lowest BCUT2D eigenvalue weighted by molar-refractivity contribution is 0.0663. The highest BCUT2D eigenvalue weighted by atomic mass is 32.2. The average Bonchev–Trinajstić information content (AvgIpc) is 2.34. The maximum Gasteiger partial charge on any atom is 0.150 e. The van der Waals surface area contributed by atoms with Crippen molar-refractivity contribution < 1.29 is 8.42 Å². The van der Waals surface area contributed by atoms with Crippen molar-refractivity contribution in [1.29, 1.82) is 0 Å². The van der Waals surface area contributed by atoms with Crippen LogP contribution in [0.2, 0.25) is 0 Å². The second-order valence-electron chi connectivity index (χ2n) is 5.84. The predicted molar refractivity (Wildman–Crippen MR) is 67.8 cm³/mol. The van der Waals surface area contributed by atoms with E-state index in [9.17, 15) is 8.42 Å². The predicted octanol–water partition coefficient (Wildman–Crippen LogP) is 0.247. The zero-order valence-corrected chi connectivity index (χ0v) is 11.1. The molecule has 4 heterocycles. The Hall–Kier alpha value is -0.130. The zero-order valence-electron chi connectivity index (χ0n) is 10.3. The summed E-state index contributed by atoms with van der Waals surface area (Å²) in [7, 11) is -2.72. The van der Waals surface area contributed by atoms with Crippen molar-refractivity contribution in [1.82, 2.24) is 10.2 Å². The van der Waals surface area contributed by atoms with Gasteiger partial charge in [-0.3, -0.25) is 0 Å². The Morgan fingerprint density at radius 1 is 1.00 bits per heavy atom. The van der Waals surface area contributed by atoms with E-state index in [1.165, 1.54) is 32.5 Å². The van der Waals surface area contributed by atoms with Crippen molar-refractivity contribution >= 4 is 9.84 Å². The van der Waals surface area contributed by atoms with Gasteiger partial charge in [-0.15, -0.1) is 0 Å². The van der Waals surface area contributed by atoms with Crippen molar-refractivity contribution in [3.05, 3.63) is 0 Å². The van der Waals surface area contributed by atoms with Crippen molar-refractivity contribution in [2.75, 3.05) is 31.1 Å². The van der Waals surface area contributed by atoms with Crippen LogP contribution in [0.15, 0.2) is 0 Å². The molecule has 1 unspecified atom stereocenters. The number of hydrogen-bond acceptors (Lipinski definition) is 4. The Morgan fingerprint density at radius 2 is 1.65 bits per heavy atom. The molecule has 0 aromatic rings. The van der Waals surface area contributed by atoms with Gasteiger partial charge in [0.05, 0.1) is 11.5 Å². The summed E-state index contributed by atoms with van der Waals surface area (Å²) in [5, 5.41) is 3.72. The molecule has 0 spiro atoms. The van der Waals surface area contributed by atoms with E-state index in [2.05, 4.69) is 10.2 Å². The lowest BCUT2D eigenvalue weighted by atomic mass is 9.83. The summed E-state index contributed by atoms with van der Waals surface area (Å²) in [6.45, 7) is 3.71. The van der Waals surface area contributed by atoms with Gasteiger partial charge in [-0.05, 0) is 44.7 Å². The largest absolute Gasteiger partial charge is 0.310 e. The van der Waals surface area contributed by atoms with Crippen molar-refractivity contribution in [2.45, 2.75) is 37.8 Å². The van der Waals surface area contributed by atoms with Crippen LogP contribution in [0.3, 0.4) is 0 Å². The Bertz CT molecular complexity index is 360. The molecular weight excluding hydrogens is 236 g/mol. The molecule has 0 aromatic carbocycles. The number of sulfone groups is 1. The maximum atomic E-state index is 11.4. The monoisotopic (exact) mass is 258 g/mol. The first-order valence-electron chi connectivity index (χ1n) is 6.81. The molecule has 0 amide bonds. The third-order valence-electron chi connectivity index (χ3n) is 4.66. The first-order valence-corrected chi connectivity index (χ1v) is 8.63.